The van der Waals surface area contributed by atoms with E-state index in [2.05, 4.69) is 35.3 Å². The number of amides is 1. The largest absolute Gasteiger partial charge is 0.454 e. The highest BCUT2D eigenvalue weighted by atomic mass is 16.7. The molecular formula is C24H28N4O4. The molecule has 32 heavy (non-hydrogen) atoms. The van der Waals surface area contributed by atoms with Crippen LogP contribution in [0.5, 0.6) is 11.5 Å². The summed E-state index contributed by atoms with van der Waals surface area (Å²) in [6, 6.07) is 8.15. The maximum Gasteiger partial charge on any atom is 0.253 e. The van der Waals surface area contributed by atoms with Crippen molar-refractivity contribution in [1.29, 1.82) is 0 Å². The number of carbonyl (C=O) groups excluding carboxylic acids is 1. The SMILES string of the molecule is Cc1nc2c(cnn2C(C)C)cc1C(=O)NCC1(c2ccc3c(c2)OCO3)CCOCC1. The van der Waals surface area contributed by atoms with E-state index >= 15 is 0 Å². The van der Waals surface area contributed by atoms with E-state index in [1.807, 2.05) is 29.8 Å². The summed E-state index contributed by atoms with van der Waals surface area (Å²) in [6.45, 7) is 8.07. The van der Waals surface area contributed by atoms with Gasteiger partial charge in [-0.1, -0.05) is 6.07 Å². The predicted molar refractivity (Wildman–Crippen MR) is 119 cm³/mol. The number of fused-ring (bicyclic) bond motifs is 2. The van der Waals surface area contributed by atoms with Crippen molar-refractivity contribution >= 4 is 16.9 Å². The van der Waals surface area contributed by atoms with Crippen molar-refractivity contribution in [3.63, 3.8) is 0 Å². The number of benzene rings is 1. The summed E-state index contributed by atoms with van der Waals surface area (Å²) >= 11 is 0. The molecule has 3 aromatic rings. The van der Waals surface area contributed by atoms with E-state index in [4.69, 9.17) is 14.2 Å². The molecule has 2 aromatic heterocycles. The summed E-state index contributed by atoms with van der Waals surface area (Å²) in [5.74, 6) is 1.39. The second-order valence-electron chi connectivity index (χ2n) is 8.86. The van der Waals surface area contributed by atoms with Crippen LogP contribution in [-0.4, -0.2) is 47.2 Å². The molecule has 1 fully saturated rings. The normalized spacial score (nSPS) is 17.1. The molecule has 0 saturated carbocycles. The Bertz CT molecular complexity index is 1160. The first-order chi connectivity index (χ1) is 15.5. The van der Waals surface area contributed by atoms with Crippen LogP contribution >= 0.6 is 0 Å². The van der Waals surface area contributed by atoms with E-state index in [0.717, 1.165) is 40.9 Å². The van der Waals surface area contributed by atoms with Crippen molar-refractivity contribution in [3.8, 4) is 11.5 Å². The first-order valence-corrected chi connectivity index (χ1v) is 11.1. The van der Waals surface area contributed by atoms with Crippen molar-refractivity contribution in [3.05, 3.63) is 47.3 Å². The molecule has 1 amide bonds. The van der Waals surface area contributed by atoms with Gasteiger partial charge in [-0.2, -0.15) is 5.10 Å². The highest BCUT2D eigenvalue weighted by Crippen LogP contribution is 2.40. The molecule has 0 bridgehead atoms. The number of rotatable bonds is 5. The van der Waals surface area contributed by atoms with Crippen molar-refractivity contribution in [2.75, 3.05) is 26.6 Å². The van der Waals surface area contributed by atoms with Gasteiger partial charge in [0.15, 0.2) is 17.1 Å². The van der Waals surface area contributed by atoms with E-state index in [9.17, 15) is 4.79 Å². The summed E-state index contributed by atoms with van der Waals surface area (Å²) in [4.78, 5) is 17.9. The zero-order valence-corrected chi connectivity index (χ0v) is 18.7. The molecule has 0 radical (unpaired) electrons. The number of nitrogens with zero attached hydrogens (tertiary/aromatic N) is 3. The molecule has 8 nitrogen and oxygen atoms in total. The van der Waals surface area contributed by atoms with Crippen molar-refractivity contribution < 1.29 is 19.0 Å². The summed E-state index contributed by atoms with van der Waals surface area (Å²) in [5.41, 5.74) is 2.99. The molecule has 0 aliphatic carbocycles. The fourth-order valence-electron chi connectivity index (χ4n) is 4.57. The van der Waals surface area contributed by atoms with Gasteiger partial charge in [0.05, 0.1) is 17.5 Å². The molecule has 0 atom stereocenters. The lowest BCUT2D eigenvalue weighted by Crippen LogP contribution is -2.44. The fourth-order valence-corrected chi connectivity index (χ4v) is 4.57. The molecule has 4 heterocycles. The minimum Gasteiger partial charge on any atom is -0.454 e. The zero-order chi connectivity index (χ0) is 22.3. The van der Waals surface area contributed by atoms with E-state index in [1.165, 1.54) is 0 Å². The quantitative estimate of drug-likeness (QED) is 0.658. The Hall–Kier alpha value is -3.13. The molecule has 168 valence electrons. The van der Waals surface area contributed by atoms with Crippen molar-refractivity contribution in [2.45, 2.75) is 45.1 Å². The van der Waals surface area contributed by atoms with Gasteiger partial charge in [-0.15, -0.1) is 0 Å². The van der Waals surface area contributed by atoms with Crippen molar-refractivity contribution in [2.24, 2.45) is 0 Å². The van der Waals surface area contributed by atoms with Crippen LogP contribution in [0, 0.1) is 6.92 Å². The van der Waals surface area contributed by atoms with Crippen LogP contribution in [0.3, 0.4) is 0 Å². The van der Waals surface area contributed by atoms with Crippen LogP contribution in [0.1, 0.15) is 54.3 Å². The number of hydrogen-bond acceptors (Lipinski definition) is 6. The van der Waals surface area contributed by atoms with Gasteiger partial charge in [-0.3, -0.25) is 4.79 Å². The first kappa shape index (κ1) is 20.8. The van der Waals surface area contributed by atoms with Gasteiger partial charge >= 0.3 is 0 Å². The fraction of sp³-hybridized carbons (Fsp3) is 0.458. The summed E-state index contributed by atoms with van der Waals surface area (Å²) in [6.07, 6.45) is 3.42. The van der Waals surface area contributed by atoms with E-state index in [1.54, 1.807) is 6.20 Å². The third-order valence-electron chi connectivity index (χ3n) is 6.52. The summed E-state index contributed by atoms with van der Waals surface area (Å²) in [5, 5.41) is 8.47. The first-order valence-electron chi connectivity index (χ1n) is 11.1. The van der Waals surface area contributed by atoms with E-state index in [0.29, 0.717) is 31.0 Å². The lowest BCUT2D eigenvalue weighted by Gasteiger charge is -2.38. The van der Waals surface area contributed by atoms with Gasteiger partial charge in [0.1, 0.15) is 0 Å². The number of pyridine rings is 1. The topological polar surface area (TPSA) is 87.5 Å². The Morgan fingerprint density at radius 1 is 1.19 bits per heavy atom. The van der Waals surface area contributed by atoms with E-state index in [-0.39, 0.29) is 24.2 Å². The van der Waals surface area contributed by atoms with Gasteiger partial charge in [0, 0.05) is 36.6 Å². The lowest BCUT2D eigenvalue weighted by atomic mass is 9.74. The minimum atomic E-state index is -0.219. The number of carbonyl (C=O) groups is 1. The van der Waals surface area contributed by atoms with Crippen LogP contribution in [0.15, 0.2) is 30.5 Å². The summed E-state index contributed by atoms with van der Waals surface area (Å²) in [7, 11) is 0. The summed E-state index contributed by atoms with van der Waals surface area (Å²) < 4.78 is 18.6. The van der Waals surface area contributed by atoms with Crippen LogP contribution in [0.25, 0.3) is 11.0 Å². The molecule has 0 spiro atoms. The van der Waals surface area contributed by atoms with Crippen LogP contribution in [0.4, 0.5) is 0 Å². The number of aryl methyl sites for hydroxylation is 1. The Morgan fingerprint density at radius 2 is 1.97 bits per heavy atom. The monoisotopic (exact) mass is 436 g/mol. The van der Waals surface area contributed by atoms with Gasteiger partial charge < -0.3 is 19.5 Å². The number of aromatic nitrogens is 3. The number of ether oxygens (including phenoxy) is 3. The highest BCUT2D eigenvalue weighted by molar-refractivity contribution is 5.98. The molecular weight excluding hydrogens is 408 g/mol. The Morgan fingerprint density at radius 3 is 2.75 bits per heavy atom. The molecule has 0 unspecified atom stereocenters. The maximum absolute atomic E-state index is 13.2. The predicted octanol–water partition coefficient (Wildman–Crippen LogP) is 3.53. The van der Waals surface area contributed by atoms with Gasteiger partial charge in [-0.05, 0) is 57.4 Å². The molecule has 1 saturated heterocycles. The van der Waals surface area contributed by atoms with E-state index < -0.39 is 0 Å². The molecule has 1 N–H and O–H groups in total. The molecule has 1 aromatic carbocycles. The van der Waals surface area contributed by atoms with Crippen LogP contribution in [0.2, 0.25) is 0 Å². The Balaban J connectivity index is 1.40. The number of nitrogens with one attached hydrogen (secondary N) is 1. The molecule has 5 rings (SSSR count). The standard InChI is InChI=1S/C24H28N4O4/c1-15(2)28-22-17(12-26-28)10-19(16(3)27-22)23(29)25-13-24(6-8-30-9-7-24)18-4-5-20-21(11-18)32-14-31-20/h4-5,10-12,15H,6-9,13-14H2,1-3H3,(H,25,29). The van der Waals surface area contributed by atoms with Crippen LogP contribution in [-0.2, 0) is 10.2 Å². The third-order valence-corrected chi connectivity index (χ3v) is 6.52. The molecule has 2 aliphatic heterocycles. The Kier molecular flexibility index (Phi) is 5.25. The molecule has 8 heteroatoms. The van der Waals surface area contributed by atoms with Crippen molar-refractivity contribution in [1.82, 2.24) is 20.1 Å². The van der Waals surface area contributed by atoms with Gasteiger partial charge in [0.2, 0.25) is 6.79 Å². The maximum atomic E-state index is 13.2. The third kappa shape index (κ3) is 3.58. The lowest BCUT2D eigenvalue weighted by molar-refractivity contribution is 0.0486. The highest BCUT2D eigenvalue weighted by Gasteiger charge is 2.36. The van der Waals surface area contributed by atoms with Gasteiger partial charge in [0.25, 0.3) is 5.91 Å². The second-order valence-corrected chi connectivity index (χ2v) is 8.86. The number of hydrogen-bond donors (Lipinski definition) is 1. The molecule has 2 aliphatic rings. The second kappa shape index (κ2) is 8.09. The smallest absolute Gasteiger partial charge is 0.253 e. The average Bonchev–Trinajstić information content (AvgIpc) is 3.43. The Labute approximate surface area is 186 Å². The van der Waals surface area contributed by atoms with Gasteiger partial charge in [-0.25, -0.2) is 9.67 Å². The zero-order valence-electron chi connectivity index (χ0n) is 18.7. The minimum absolute atomic E-state index is 0.124. The van der Waals surface area contributed by atoms with Crippen LogP contribution < -0.4 is 14.8 Å². The average molecular weight is 437 g/mol.